The van der Waals surface area contributed by atoms with Crippen LogP contribution in [0.1, 0.15) is 0 Å². The van der Waals surface area contributed by atoms with E-state index in [1.165, 1.54) is 53.4 Å². The first-order chi connectivity index (χ1) is 16.8. The van der Waals surface area contributed by atoms with E-state index in [-0.39, 0.29) is 0 Å². The van der Waals surface area contributed by atoms with Gasteiger partial charge < -0.3 is 0 Å². The summed E-state index contributed by atoms with van der Waals surface area (Å²) in [5.41, 5.74) is 2.63. The molecule has 0 saturated heterocycles. The molecule has 0 unspecified atom stereocenters. The van der Waals surface area contributed by atoms with Crippen molar-refractivity contribution in [2.45, 2.75) is 0 Å². The fraction of sp³-hybridized carbons (Fsp3) is 0. The smallest absolute Gasteiger partial charge is 0.0843 e. The molecule has 1 heterocycles. The molecule has 160 valence electrons. The molecule has 0 saturated carbocycles. The first-order valence-electron chi connectivity index (χ1n) is 11.7. The number of hydrogen-bond donors (Lipinski definition) is 0. The Balaban J connectivity index is 1.82. The van der Waals surface area contributed by atoms with Crippen molar-refractivity contribution in [3.05, 3.63) is 132 Å². The molecule has 34 heavy (non-hydrogen) atoms. The minimum absolute atomic E-state index is 0.785. The van der Waals surface area contributed by atoms with Crippen LogP contribution in [0.15, 0.2) is 127 Å². The molecule has 0 aromatic heterocycles. The lowest BCUT2D eigenvalue weighted by molar-refractivity contribution is 1.70. The van der Waals surface area contributed by atoms with E-state index < -0.39 is 8.07 Å². The third kappa shape index (κ3) is 2.54. The number of halogens is 1. The van der Waals surface area contributed by atoms with E-state index in [0.29, 0.717) is 0 Å². The van der Waals surface area contributed by atoms with Crippen molar-refractivity contribution in [1.82, 2.24) is 0 Å². The summed E-state index contributed by atoms with van der Waals surface area (Å²) >= 11 is 6.66. The Labute approximate surface area is 205 Å². The van der Waals surface area contributed by atoms with E-state index in [4.69, 9.17) is 11.6 Å². The Hall–Kier alpha value is -3.65. The van der Waals surface area contributed by atoms with Gasteiger partial charge in [0.2, 0.25) is 0 Å². The van der Waals surface area contributed by atoms with Crippen LogP contribution in [-0.2, 0) is 0 Å². The van der Waals surface area contributed by atoms with Gasteiger partial charge in [0.25, 0.3) is 0 Å². The largest absolute Gasteiger partial charge is 0.181 e. The average molecular weight is 469 g/mol. The van der Waals surface area contributed by atoms with Crippen molar-refractivity contribution in [2.75, 3.05) is 0 Å². The molecule has 2 heteroatoms. The second kappa shape index (κ2) is 7.43. The van der Waals surface area contributed by atoms with Crippen molar-refractivity contribution in [3.63, 3.8) is 0 Å². The Kier molecular flexibility index (Phi) is 4.32. The highest BCUT2D eigenvalue weighted by Gasteiger charge is 2.50. The highest BCUT2D eigenvalue weighted by atomic mass is 35.5. The van der Waals surface area contributed by atoms with Gasteiger partial charge in [-0.25, -0.2) is 0 Å². The topological polar surface area (TPSA) is 0 Å². The normalized spacial score (nSPS) is 13.7. The Morgan fingerprint density at radius 2 is 0.971 bits per heavy atom. The lowest BCUT2D eigenvalue weighted by atomic mass is 9.93. The lowest BCUT2D eigenvalue weighted by Crippen LogP contribution is -2.73. The minimum Gasteiger partial charge on any atom is -0.0843 e. The summed E-state index contributed by atoms with van der Waals surface area (Å²) in [6, 6.07) is 46.7. The zero-order valence-electron chi connectivity index (χ0n) is 18.5. The van der Waals surface area contributed by atoms with Gasteiger partial charge in [-0.15, -0.1) is 0 Å². The zero-order chi connectivity index (χ0) is 22.7. The van der Waals surface area contributed by atoms with E-state index in [9.17, 15) is 0 Å². The first kappa shape index (κ1) is 19.8. The maximum atomic E-state index is 6.66. The SMILES string of the molecule is Clc1ccc2c(c1)-c1c(c3ccccc3c3ccccc13)[Si]2(c1ccccc1)c1ccccc1. The third-order valence-electron chi connectivity index (χ3n) is 7.38. The van der Waals surface area contributed by atoms with Crippen LogP contribution in [0.4, 0.5) is 0 Å². The monoisotopic (exact) mass is 468 g/mol. The van der Waals surface area contributed by atoms with Gasteiger partial charge in [-0.3, -0.25) is 0 Å². The molecule has 0 atom stereocenters. The average Bonchev–Trinajstić information content (AvgIpc) is 3.21. The van der Waals surface area contributed by atoms with Crippen LogP contribution in [0.3, 0.4) is 0 Å². The molecular formula is C32H21ClSi. The molecule has 6 aromatic carbocycles. The van der Waals surface area contributed by atoms with Crippen molar-refractivity contribution in [1.29, 1.82) is 0 Å². The fourth-order valence-corrected chi connectivity index (χ4v) is 11.7. The molecule has 0 spiro atoms. The second-order valence-corrected chi connectivity index (χ2v) is 13.1. The Bertz CT molecular complexity index is 1670. The first-order valence-corrected chi connectivity index (χ1v) is 14.0. The van der Waals surface area contributed by atoms with Gasteiger partial charge in [-0.05, 0) is 65.6 Å². The van der Waals surface area contributed by atoms with Crippen LogP contribution in [0, 0.1) is 0 Å². The Morgan fingerprint density at radius 3 is 1.59 bits per heavy atom. The summed E-state index contributed by atoms with van der Waals surface area (Å²) in [5, 5.41) is 11.8. The standard InChI is InChI=1S/C32H21ClSi/c33-22-19-20-30-29(21-22)31-27-17-9-7-15-25(27)26-16-8-10-18-28(26)32(31)34(30,23-11-3-1-4-12-23)24-13-5-2-6-14-24/h1-21H. The molecule has 1 aliphatic heterocycles. The van der Waals surface area contributed by atoms with Crippen molar-refractivity contribution in [3.8, 4) is 11.1 Å². The van der Waals surface area contributed by atoms with Gasteiger partial charge in [-0.2, -0.15) is 0 Å². The van der Waals surface area contributed by atoms with Crippen molar-refractivity contribution >= 4 is 62.0 Å². The highest BCUT2D eigenvalue weighted by Crippen LogP contribution is 2.39. The molecular weight excluding hydrogens is 448 g/mol. The summed E-state index contributed by atoms with van der Waals surface area (Å²) < 4.78 is 0. The molecule has 0 aliphatic carbocycles. The quantitative estimate of drug-likeness (QED) is 0.215. The maximum absolute atomic E-state index is 6.66. The minimum atomic E-state index is -2.59. The third-order valence-corrected chi connectivity index (χ3v) is 12.5. The molecule has 0 bridgehead atoms. The van der Waals surface area contributed by atoms with Gasteiger partial charge in [-0.1, -0.05) is 127 Å². The van der Waals surface area contributed by atoms with Crippen LogP contribution in [0.5, 0.6) is 0 Å². The summed E-state index contributed by atoms with van der Waals surface area (Å²) in [5.74, 6) is 0. The van der Waals surface area contributed by atoms with E-state index >= 15 is 0 Å². The van der Waals surface area contributed by atoms with Crippen LogP contribution in [0.25, 0.3) is 32.7 Å². The van der Waals surface area contributed by atoms with E-state index in [2.05, 4.69) is 127 Å². The summed E-state index contributed by atoms with van der Waals surface area (Å²) in [6.45, 7) is 0. The van der Waals surface area contributed by atoms with Crippen molar-refractivity contribution < 1.29 is 0 Å². The van der Waals surface area contributed by atoms with E-state index in [0.717, 1.165) is 5.02 Å². The van der Waals surface area contributed by atoms with Crippen molar-refractivity contribution in [2.24, 2.45) is 0 Å². The summed E-state index contributed by atoms with van der Waals surface area (Å²) in [7, 11) is -2.59. The number of fused-ring (bicyclic) bond motifs is 8. The molecule has 7 rings (SSSR count). The molecule has 0 N–H and O–H groups in total. The predicted molar refractivity (Wildman–Crippen MR) is 149 cm³/mol. The van der Waals surface area contributed by atoms with Crippen LogP contribution >= 0.6 is 11.6 Å². The van der Waals surface area contributed by atoms with Gasteiger partial charge in [0, 0.05) is 5.02 Å². The number of hydrogen-bond acceptors (Lipinski definition) is 0. The molecule has 0 nitrogen and oxygen atoms in total. The molecule has 0 fully saturated rings. The highest BCUT2D eigenvalue weighted by molar-refractivity contribution is 7.23. The summed E-state index contributed by atoms with van der Waals surface area (Å²) in [6.07, 6.45) is 0. The lowest BCUT2D eigenvalue weighted by Gasteiger charge is -2.32. The van der Waals surface area contributed by atoms with Crippen LogP contribution < -0.4 is 20.7 Å². The van der Waals surface area contributed by atoms with Crippen LogP contribution in [-0.4, -0.2) is 8.07 Å². The number of rotatable bonds is 2. The summed E-state index contributed by atoms with van der Waals surface area (Å²) in [4.78, 5) is 0. The molecule has 0 amide bonds. The number of benzene rings is 6. The second-order valence-electron chi connectivity index (χ2n) is 9.01. The molecule has 6 aromatic rings. The van der Waals surface area contributed by atoms with E-state index in [1.54, 1.807) is 0 Å². The van der Waals surface area contributed by atoms with Gasteiger partial charge in [0.1, 0.15) is 0 Å². The fourth-order valence-electron chi connectivity index (χ4n) is 6.14. The Morgan fingerprint density at radius 1 is 0.471 bits per heavy atom. The van der Waals surface area contributed by atoms with Gasteiger partial charge >= 0.3 is 0 Å². The zero-order valence-corrected chi connectivity index (χ0v) is 20.3. The molecule has 1 aliphatic rings. The van der Waals surface area contributed by atoms with E-state index in [1.807, 2.05) is 0 Å². The van der Waals surface area contributed by atoms with Gasteiger partial charge in [0.05, 0.1) is 0 Å². The van der Waals surface area contributed by atoms with Crippen LogP contribution in [0.2, 0.25) is 5.02 Å². The maximum Gasteiger partial charge on any atom is 0.181 e. The molecule has 0 radical (unpaired) electrons. The predicted octanol–water partition coefficient (Wildman–Crippen LogP) is 6.00. The van der Waals surface area contributed by atoms with Gasteiger partial charge in [0.15, 0.2) is 8.07 Å².